The molecule has 0 aromatic rings. The van der Waals surface area contributed by atoms with E-state index in [1.165, 1.54) is 6.26 Å². The fourth-order valence-corrected chi connectivity index (χ4v) is 3.35. The van der Waals surface area contributed by atoms with Crippen LogP contribution in [-0.4, -0.2) is 45.2 Å². The van der Waals surface area contributed by atoms with Crippen LogP contribution in [0.15, 0.2) is 0 Å². The zero-order chi connectivity index (χ0) is 12.2. The lowest BCUT2D eigenvalue weighted by Crippen LogP contribution is -2.41. The lowest BCUT2D eigenvalue weighted by Gasteiger charge is -2.32. The number of sulfonamides is 1. The summed E-state index contributed by atoms with van der Waals surface area (Å²) in [5, 5.41) is 3.28. The molecule has 5 heteroatoms. The summed E-state index contributed by atoms with van der Waals surface area (Å²) in [7, 11) is -1.02. The van der Waals surface area contributed by atoms with Crippen LogP contribution in [0.3, 0.4) is 0 Å². The van der Waals surface area contributed by atoms with Crippen molar-refractivity contribution in [1.29, 1.82) is 0 Å². The van der Waals surface area contributed by atoms with Crippen molar-refractivity contribution in [2.75, 3.05) is 26.4 Å². The minimum Gasteiger partial charge on any atom is -0.317 e. The molecule has 2 atom stereocenters. The van der Waals surface area contributed by atoms with Gasteiger partial charge in [0, 0.05) is 19.1 Å². The molecule has 0 aromatic carbocycles. The summed E-state index contributed by atoms with van der Waals surface area (Å²) in [6, 6.07) is 0.518. The number of rotatable bonds is 5. The van der Waals surface area contributed by atoms with Crippen molar-refractivity contribution < 1.29 is 8.42 Å². The molecule has 0 aliphatic carbocycles. The Bertz CT molecular complexity index is 299. The average molecular weight is 248 g/mol. The van der Waals surface area contributed by atoms with Crippen LogP contribution < -0.4 is 5.32 Å². The molecule has 1 fully saturated rings. The molecule has 0 aromatic heterocycles. The second kappa shape index (κ2) is 5.98. The van der Waals surface area contributed by atoms with E-state index in [2.05, 4.69) is 12.2 Å². The lowest BCUT2D eigenvalue weighted by atomic mass is 9.91. The van der Waals surface area contributed by atoms with Gasteiger partial charge in [0.25, 0.3) is 0 Å². The van der Waals surface area contributed by atoms with E-state index >= 15 is 0 Å². The van der Waals surface area contributed by atoms with Crippen LogP contribution in [0.4, 0.5) is 0 Å². The van der Waals surface area contributed by atoms with Gasteiger partial charge in [-0.15, -0.1) is 0 Å². The Labute approximate surface area is 99.5 Å². The van der Waals surface area contributed by atoms with Crippen molar-refractivity contribution in [3.05, 3.63) is 0 Å². The first-order chi connectivity index (χ1) is 7.47. The molecule has 4 nitrogen and oxygen atoms in total. The normalized spacial score (nSPS) is 25.6. The number of piperidine rings is 1. The molecular weight excluding hydrogens is 224 g/mol. The standard InChI is InChI=1S/C11H24N2O2S/c1-4-11(12-2)8-10-6-5-7-13(9-10)16(3,14)15/h10-12H,4-9H2,1-3H3. The van der Waals surface area contributed by atoms with Gasteiger partial charge in [0.2, 0.25) is 10.0 Å². The zero-order valence-corrected chi connectivity index (χ0v) is 11.4. The topological polar surface area (TPSA) is 49.4 Å². The lowest BCUT2D eigenvalue weighted by molar-refractivity contribution is 0.238. The third kappa shape index (κ3) is 4.03. The Morgan fingerprint density at radius 2 is 2.19 bits per heavy atom. The minimum absolute atomic E-state index is 0.515. The van der Waals surface area contributed by atoms with E-state index in [4.69, 9.17) is 0 Å². The van der Waals surface area contributed by atoms with Gasteiger partial charge in [-0.2, -0.15) is 0 Å². The molecule has 1 aliphatic heterocycles. The van der Waals surface area contributed by atoms with Crippen molar-refractivity contribution >= 4 is 10.0 Å². The van der Waals surface area contributed by atoms with E-state index in [-0.39, 0.29) is 0 Å². The zero-order valence-electron chi connectivity index (χ0n) is 10.6. The van der Waals surface area contributed by atoms with Crippen molar-refractivity contribution in [2.24, 2.45) is 5.92 Å². The molecule has 96 valence electrons. The molecule has 0 radical (unpaired) electrons. The van der Waals surface area contributed by atoms with Crippen LogP contribution in [0.25, 0.3) is 0 Å². The molecule has 1 aliphatic rings. The van der Waals surface area contributed by atoms with E-state index in [0.717, 1.165) is 25.7 Å². The summed E-state index contributed by atoms with van der Waals surface area (Å²) in [4.78, 5) is 0. The number of hydrogen-bond acceptors (Lipinski definition) is 3. The monoisotopic (exact) mass is 248 g/mol. The predicted octanol–water partition coefficient (Wildman–Crippen LogP) is 1.05. The summed E-state index contributed by atoms with van der Waals surface area (Å²) < 4.78 is 24.6. The van der Waals surface area contributed by atoms with Gasteiger partial charge in [-0.25, -0.2) is 12.7 Å². The Morgan fingerprint density at radius 3 is 2.69 bits per heavy atom. The fourth-order valence-electron chi connectivity index (χ4n) is 2.41. The van der Waals surface area contributed by atoms with E-state index in [0.29, 0.717) is 25.0 Å². The highest BCUT2D eigenvalue weighted by molar-refractivity contribution is 7.88. The van der Waals surface area contributed by atoms with Crippen LogP contribution in [0.5, 0.6) is 0 Å². The Morgan fingerprint density at radius 1 is 1.50 bits per heavy atom. The van der Waals surface area contributed by atoms with Gasteiger partial charge in [-0.3, -0.25) is 0 Å². The predicted molar refractivity (Wildman–Crippen MR) is 66.9 cm³/mol. The van der Waals surface area contributed by atoms with Crippen molar-refractivity contribution in [3.63, 3.8) is 0 Å². The van der Waals surface area contributed by atoms with Gasteiger partial charge in [0.15, 0.2) is 0 Å². The first-order valence-corrected chi connectivity index (χ1v) is 7.94. The number of hydrogen-bond donors (Lipinski definition) is 1. The Balaban J connectivity index is 2.51. The smallest absolute Gasteiger partial charge is 0.211 e. The van der Waals surface area contributed by atoms with Crippen molar-refractivity contribution in [1.82, 2.24) is 9.62 Å². The molecule has 16 heavy (non-hydrogen) atoms. The molecule has 0 amide bonds. The maximum absolute atomic E-state index is 11.5. The van der Waals surface area contributed by atoms with E-state index in [1.54, 1.807) is 4.31 Å². The highest BCUT2D eigenvalue weighted by atomic mass is 32.2. The summed E-state index contributed by atoms with van der Waals surface area (Å²) >= 11 is 0. The highest BCUT2D eigenvalue weighted by Gasteiger charge is 2.26. The maximum Gasteiger partial charge on any atom is 0.211 e. The Kier molecular flexibility index (Phi) is 5.21. The molecule has 0 bridgehead atoms. The van der Waals surface area contributed by atoms with Gasteiger partial charge in [0.05, 0.1) is 6.26 Å². The SMILES string of the molecule is CCC(CC1CCCN(S(C)(=O)=O)C1)NC. The van der Waals surface area contributed by atoms with Crippen LogP contribution in [0.2, 0.25) is 0 Å². The largest absolute Gasteiger partial charge is 0.317 e. The van der Waals surface area contributed by atoms with Crippen molar-refractivity contribution in [2.45, 2.75) is 38.6 Å². The second-order valence-corrected chi connectivity index (χ2v) is 6.74. The fraction of sp³-hybridized carbons (Fsp3) is 1.00. The Hall–Kier alpha value is -0.130. The molecule has 1 N–H and O–H groups in total. The summed E-state index contributed by atoms with van der Waals surface area (Å²) in [6.45, 7) is 3.57. The van der Waals surface area contributed by atoms with E-state index in [1.807, 2.05) is 7.05 Å². The highest BCUT2D eigenvalue weighted by Crippen LogP contribution is 2.23. The van der Waals surface area contributed by atoms with Crippen molar-refractivity contribution in [3.8, 4) is 0 Å². The van der Waals surface area contributed by atoms with Crippen LogP contribution in [0, 0.1) is 5.92 Å². The van der Waals surface area contributed by atoms with E-state index in [9.17, 15) is 8.42 Å². The van der Waals surface area contributed by atoms with Crippen LogP contribution >= 0.6 is 0 Å². The molecule has 1 rings (SSSR count). The summed E-state index contributed by atoms with van der Waals surface area (Å²) in [5.74, 6) is 0.515. The third-order valence-corrected chi connectivity index (χ3v) is 4.74. The van der Waals surface area contributed by atoms with Gasteiger partial charge >= 0.3 is 0 Å². The second-order valence-electron chi connectivity index (χ2n) is 4.76. The molecule has 1 heterocycles. The van der Waals surface area contributed by atoms with Gasteiger partial charge in [-0.1, -0.05) is 6.92 Å². The molecule has 0 saturated carbocycles. The quantitative estimate of drug-likeness (QED) is 0.791. The third-order valence-electron chi connectivity index (χ3n) is 3.47. The molecule has 1 saturated heterocycles. The molecule has 0 spiro atoms. The summed E-state index contributed by atoms with van der Waals surface area (Å²) in [6.07, 6.45) is 5.65. The van der Waals surface area contributed by atoms with Crippen LogP contribution in [-0.2, 0) is 10.0 Å². The first-order valence-electron chi connectivity index (χ1n) is 6.09. The van der Waals surface area contributed by atoms with Gasteiger partial charge in [-0.05, 0) is 38.6 Å². The molecular formula is C11H24N2O2S. The maximum atomic E-state index is 11.5. The average Bonchev–Trinajstić information content (AvgIpc) is 2.25. The van der Waals surface area contributed by atoms with E-state index < -0.39 is 10.0 Å². The van der Waals surface area contributed by atoms with Crippen LogP contribution in [0.1, 0.15) is 32.6 Å². The first kappa shape index (κ1) is 13.9. The summed E-state index contributed by atoms with van der Waals surface area (Å²) in [5.41, 5.74) is 0. The minimum atomic E-state index is -3.00. The van der Waals surface area contributed by atoms with Gasteiger partial charge in [0.1, 0.15) is 0 Å². The number of nitrogens with one attached hydrogen (secondary N) is 1. The van der Waals surface area contributed by atoms with Gasteiger partial charge < -0.3 is 5.32 Å². The molecule has 2 unspecified atom stereocenters. The number of nitrogens with zero attached hydrogens (tertiary/aromatic N) is 1.